The number of likely N-dealkylation sites (N-methyl/N-ethyl adjacent to an activating group) is 2. The van der Waals surface area contributed by atoms with Crippen LogP contribution in [-0.2, 0) is 45.0 Å². The second-order valence-electron chi connectivity index (χ2n) is 10.9. The molecule has 2 aromatic rings. The third kappa shape index (κ3) is 10.8. The highest BCUT2D eigenvalue weighted by Gasteiger charge is 2.29. The molecule has 0 radical (unpaired) electrons. The Bertz CT molecular complexity index is 1070. The molecule has 0 aliphatic carbocycles. The number of quaternary nitrogens is 2. The van der Waals surface area contributed by atoms with E-state index >= 15 is 0 Å². The summed E-state index contributed by atoms with van der Waals surface area (Å²) in [5.74, 6) is 1.65. The van der Waals surface area contributed by atoms with Crippen LogP contribution in [0.25, 0.3) is 0 Å². The van der Waals surface area contributed by atoms with Gasteiger partial charge in [-0.05, 0) is 54.4 Å². The van der Waals surface area contributed by atoms with E-state index in [2.05, 4.69) is 61.2 Å². The van der Waals surface area contributed by atoms with Crippen LogP contribution < -0.4 is 0 Å². The molecule has 0 atom stereocenters. The van der Waals surface area contributed by atoms with E-state index in [1.165, 1.54) is 0 Å². The molecule has 0 spiro atoms. The van der Waals surface area contributed by atoms with Gasteiger partial charge < -0.3 is 27.3 Å². The summed E-state index contributed by atoms with van der Waals surface area (Å²) in [7, 11) is 0. The summed E-state index contributed by atoms with van der Waals surface area (Å²) in [6.45, 7) is 25.5. The lowest BCUT2D eigenvalue weighted by atomic mass is 10.2. The first kappa shape index (κ1) is 34.8. The third-order valence-corrected chi connectivity index (χ3v) is 7.97. The minimum absolute atomic E-state index is 0.313. The zero-order valence-electron chi connectivity index (χ0n) is 26.4. The summed E-state index contributed by atoms with van der Waals surface area (Å²) >= 11 is 0. The van der Waals surface area contributed by atoms with Crippen molar-refractivity contribution < 1.29 is 36.9 Å². The van der Waals surface area contributed by atoms with Crippen LogP contribution in [0.2, 0.25) is 0 Å². The van der Waals surface area contributed by atoms with E-state index in [9.17, 15) is 9.59 Å². The average Bonchev–Trinajstić information content (AvgIpc) is 3.62. The number of nitrogens with zero attached hydrogens (tertiary/aromatic N) is 6. The van der Waals surface area contributed by atoms with Gasteiger partial charge in [-0.15, -0.1) is 20.4 Å². The van der Waals surface area contributed by atoms with Gasteiger partial charge in [0.1, 0.15) is 26.3 Å². The maximum absolute atomic E-state index is 11.7. The molecule has 0 saturated heterocycles. The number of esters is 2. The lowest BCUT2D eigenvalue weighted by Gasteiger charge is -2.35. The summed E-state index contributed by atoms with van der Waals surface area (Å²) in [6.07, 6.45) is 3.01. The monoisotopic (exact) mass is 590 g/mol. The molecule has 0 unspecified atom stereocenters. The summed E-state index contributed by atoms with van der Waals surface area (Å²) in [4.78, 5) is 23.5. The SMILES string of the molecule is C=C(C)C(=O)OCC[N+](CC)(CC)Cc1nnc(CCCCc2nnc(C[N+](CC)(CC)CCOC(=O)C(=C)C)o2)o1. The van der Waals surface area contributed by atoms with E-state index < -0.39 is 0 Å². The molecule has 0 bridgehead atoms. The van der Waals surface area contributed by atoms with Gasteiger partial charge in [-0.25, -0.2) is 9.59 Å². The largest absolute Gasteiger partial charge is 0.456 e. The lowest BCUT2D eigenvalue weighted by Crippen LogP contribution is -2.49. The second-order valence-corrected chi connectivity index (χ2v) is 10.9. The van der Waals surface area contributed by atoms with Gasteiger partial charge in [0.2, 0.25) is 11.8 Å². The summed E-state index contributed by atoms with van der Waals surface area (Å²) < 4.78 is 23.9. The van der Waals surface area contributed by atoms with E-state index in [0.717, 1.165) is 39.0 Å². The van der Waals surface area contributed by atoms with E-state index in [4.69, 9.17) is 18.3 Å². The first-order valence-electron chi connectivity index (χ1n) is 15.0. The Morgan fingerprint density at radius 3 is 1.29 bits per heavy atom. The van der Waals surface area contributed by atoms with Crippen LogP contribution in [0.3, 0.4) is 0 Å². The molecule has 2 heterocycles. The Morgan fingerprint density at radius 2 is 0.976 bits per heavy atom. The highest BCUT2D eigenvalue weighted by atomic mass is 16.5. The number of rotatable bonds is 21. The second kappa shape index (κ2) is 16.9. The number of hydrogen-bond donors (Lipinski definition) is 0. The minimum Gasteiger partial charge on any atom is -0.456 e. The molecule has 0 saturated carbocycles. The van der Waals surface area contributed by atoms with Crippen molar-refractivity contribution in [2.75, 3.05) is 52.5 Å². The number of aryl methyl sites for hydroxylation is 2. The number of unbranched alkanes of at least 4 members (excludes halogenated alkanes) is 1. The quantitative estimate of drug-likeness (QED) is 0.0911. The third-order valence-electron chi connectivity index (χ3n) is 7.97. The van der Waals surface area contributed by atoms with Crippen molar-refractivity contribution in [1.82, 2.24) is 20.4 Å². The van der Waals surface area contributed by atoms with E-state index in [1.807, 2.05) is 0 Å². The van der Waals surface area contributed by atoms with Crippen LogP contribution in [0, 0.1) is 0 Å². The van der Waals surface area contributed by atoms with Crippen molar-refractivity contribution in [2.24, 2.45) is 0 Å². The smallest absolute Gasteiger partial charge is 0.333 e. The molecule has 234 valence electrons. The molecule has 12 nitrogen and oxygen atoms in total. The molecular formula is C30H50N6O6+2. The van der Waals surface area contributed by atoms with Crippen LogP contribution in [0.15, 0.2) is 33.1 Å². The zero-order chi connectivity index (χ0) is 31.2. The number of hydrogen-bond acceptors (Lipinski definition) is 10. The Labute approximate surface area is 249 Å². The number of ether oxygens (including phenoxy) is 2. The normalized spacial score (nSPS) is 11.9. The van der Waals surface area contributed by atoms with Gasteiger partial charge in [0, 0.05) is 24.0 Å². The van der Waals surface area contributed by atoms with Crippen molar-refractivity contribution in [2.45, 2.75) is 80.3 Å². The van der Waals surface area contributed by atoms with Gasteiger partial charge >= 0.3 is 11.9 Å². The fourth-order valence-corrected chi connectivity index (χ4v) is 4.63. The predicted octanol–water partition coefficient (Wildman–Crippen LogP) is 3.97. The van der Waals surface area contributed by atoms with Gasteiger partial charge in [-0.2, -0.15) is 0 Å². The van der Waals surface area contributed by atoms with Crippen LogP contribution in [0.4, 0.5) is 0 Å². The minimum atomic E-state index is -0.370. The maximum atomic E-state index is 11.7. The summed E-state index contributed by atoms with van der Waals surface area (Å²) in [5, 5.41) is 17.0. The van der Waals surface area contributed by atoms with Crippen LogP contribution in [0.5, 0.6) is 0 Å². The van der Waals surface area contributed by atoms with Gasteiger partial charge in [-0.1, -0.05) is 13.2 Å². The molecule has 0 aliphatic heterocycles. The van der Waals surface area contributed by atoms with Gasteiger partial charge in [0.05, 0.1) is 26.2 Å². The molecule has 0 amide bonds. The maximum Gasteiger partial charge on any atom is 0.333 e. The molecule has 42 heavy (non-hydrogen) atoms. The fourth-order valence-electron chi connectivity index (χ4n) is 4.63. The zero-order valence-corrected chi connectivity index (χ0v) is 26.4. The Hall–Kier alpha value is -3.38. The van der Waals surface area contributed by atoms with E-state index in [1.54, 1.807) is 13.8 Å². The first-order chi connectivity index (χ1) is 20.0. The topological polar surface area (TPSA) is 130 Å². The van der Waals surface area contributed by atoms with Crippen molar-refractivity contribution in [3.8, 4) is 0 Å². The van der Waals surface area contributed by atoms with Gasteiger partial charge in [-0.3, -0.25) is 0 Å². The standard InChI is InChI=1S/C30H50N6O6/c1-9-35(10-2,17-19-39-29(37)23(5)6)21-27-33-31-25(41-27)15-13-14-16-26-32-34-28(42-26)22-36(11-3,12-4)18-20-40-30(38)24(7)8/h5,7,9-22H2,1-4,6,8H3/q+2. The molecule has 12 heteroatoms. The molecule has 0 aromatic carbocycles. The summed E-state index contributed by atoms with van der Waals surface area (Å²) in [5.41, 5.74) is 0.791. The molecular weight excluding hydrogens is 540 g/mol. The Morgan fingerprint density at radius 1 is 0.643 bits per heavy atom. The average molecular weight is 591 g/mol. The van der Waals surface area contributed by atoms with Crippen molar-refractivity contribution in [3.63, 3.8) is 0 Å². The highest BCUT2D eigenvalue weighted by Crippen LogP contribution is 2.17. The first-order valence-corrected chi connectivity index (χ1v) is 15.0. The molecule has 0 aliphatic rings. The molecule has 2 aromatic heterocycles. The number of carbonyl (C=O) groups is 2. The molecule has 0 fully saturated rings. The van der Waals surface area contributed by atoms with Crippen LogP contribution in [0.1, 0.15) is 77.9 Å². The highest BCUT2D eigenvalue weighted by molar-refractivity contribution is 5.87. The van der Waals surface area contributed by atoms with E-state index in [0.29, 0.717) is 95.9 Å². The van der Waals surface area contributed by atoms with Crippen molar-refractivity contribution in [3.05, 3.63) is 47.9 Å². The predicted molar refractivity (Wildman–Crippen MR) is 157 cm³/mol. The van der Waals surface area contributed by atoms with Gasteiger partial charge in [0.15, 0.2) is 13.1 Å². The van der Waals surface area contributed by atoms with Crippen molar-refractivity contribution in [1.29, 1.82) is 0 Å². The van der Waals surface area contributed by atoms with Crippen LogP contribution >= 0.6 is 0 Å². The molecule has 2 rings (SSSR count). The van der Waals surface area contributed by atoms with Gasteiger partial charge in [0.25, 0.3) is 11.8 Å². The Balaban J connectivity index is 1.82. The molecule has 0 N–H and O–H groups in total. The van der Waals surface area contributed by atoms with Crippen LogP contribution in [-0.4, -0.2) is 93.8 Å². The summed E-state index contributed by atoms with van der Waals surface area (Å²) in [6, 6.07) is 0. The van der Waals surface area contributed by atoms with Crippen molar-refractivity contribution >= 4 is 11.9 Å². The lowest BCUT2D eigenvalue weighted by molar-refractivity contribution is -0.939. The number of aromatic nitrogens is 4. The fraction of sp³-hybridized carbons (Fsp3) is 0.667. The Kier molecular flexibility index (Phi) is 14.0. The number of carbonyl (C=O) groups excluding carboxylic acids is 2. The van der Waals surface area contributed by atoms with E-state index in [-0.39, 0.29) is 11.9 Å².